The maximum absolute atomic E-state index is 5.40. The van der Waals surface area contributed by atoms with Crippen molar-refractivity contribution in [2.45, 2.75) is 38.1 Å². The van der Waals surface area contributed by atoms with Gasteiger partial charge in [0.05, 0.1) is 0 Å². The Kier molecular flexibility index (Phi) is 2.69. The Morgan fingerprint density at radius 2 is 2.00 bits per heavy atom. The first-order valence-electron chi connectivity index (χ1n) is 4.22. The van der Waals surface area contributed by atoms with Crippen molar-refractivity contribution in [2.75, 3.05) is 13.1 Å². The molecule has 10 heavy (non-hydrogen) atoms. The van der Waals surface area contributed by atoms with Gasteiger partial charge in [0.15, 0.2) is 0 Å². The first-order chi connectivity index (χ1) is 4.77. The second-order valence-electron chi connectivity index (χ2n) is 3.48. The highest BCUT2D eigenvalue weighted by Gasteiger charge is 2.26. The highest BCUT2D eigenvalue weighted by Crippen LogP contribution is 2.28. The van der Waals surface area contributed by atoms with Gasteiger partial charge in [0, 0.05) is 18.6 Å². The van der Waals surface area contributed by atoms with Crippen LogP contribution in [-0.4, -0.2) is 18.6 Å². The van der Waals surface area contributed by atoms with Crippen LogP contribution in [0.25, 0.3) is 0 Å². The molecule has 0 unspecified atom stereocenters. The van der Waals surface area contributed by atoms with Crippen molar-refractivity contribution in [2.24, 2.45) is 5.73 Å². The lowest BCUT2D eigenvalue weighted by atomic mass is 10.0. The largest absolute Gasteiger partial charge is 0.329 e. The second-order valence-corrected chi connectivity index (χ2v) is 3.48. The summed E-state index contributed by atoms with van der Waals surface area (Å²) >= 11 is 0. The van der Waals surface area contributed by atoms with Crippen molar-refractivity contribution >= 4 is 0 Å². The first-order valence-corrected chi connectivity index (χ1v) is 4.22. The van der Waals surface area contributed by atoms with Gasteiger partial charge in [-0.1, -0.05) is 12.8 Å². The Hall–Kier alpha value is -0.0800. The van der Waals surface area contributed by atoms with Gasteiger partial charge in [-0.25, -0.2) is 0 Å². The summed E-state index contributed by atoms with van der Waals surface area (Å²) in [5, 5.41) is 3.48. The Morgan fingerprint density at radius 1 is 1.40 bits per heavy atom. The number of hydrogen-bond donors (Lipinski definition) is 2. The Balaban J connectivity index is 2.22. The molecular weight excluding hydrogens is 124 g/mol. The molecule has 0 heterocycles. The van der Waals surface area contributed by atoms with Crippen molar-refractivity contribution in [1.29, 1.82) is 0 Å². The molecule has 0 radical (unpaired) electrons. The third-order valence-electron chi connectivity index (χ3n) is 2.40. The summed E-state index contributed by atoms with van der Waals surface area (Å²) in [6, 6.07) is 0. The molecule has 0 amide bonds. The lowest BCUT2D eigenvalue weighted by Crippen LogP contribution is -2.42. The van der Waals surface area contributed by atoms with Crippen molar-refractivity contribution in [3.8, 4) is 0 Å². The number of nitrogens with one attached hydrogen (secondary N) is 1. The van der Waals surface area contributed by atoms with Gasteiger partial charge in [0.2, 0.25) is 0 Å². The van der Waals surface area contributed by atoms with Gasteiger partial charge in [-0.05, 0) is 19.8 Å². The molecule has 1 fully saturated rings. The van der Waals surface area contributed by atoms with Crippen molar-refractivity contribution in [3.63, 3.8) is 0 Å². The van der Waals surface area contributed by atoms with Crippen LogP contribution in [0.2, 0.25) is 0 Å². The van der Waals surface area contributed by atoms with Crippen LogP contribution >= 0.6 is 0 Å². The zero-order chi connectivity index (χ0) is 7.45. The maximum atomic E-state index is 5.40. The Labute approximate surface area is 63.2 Å². The molecule has 0 aromatic heterocycles. The van der Waals surface area contributed by atoms with E-state index in [0.717, 1.165) is 13.1 Å². The summed E-state index contributed by atoms with van der Waals surface area (Å²) in [7, 11) is 0. The molecule has 60 valence electrons. The van der Waals surface area contributed by atoms with E-state index in [9.17, 15) is 0 Å². The third-order valence-corrected chi connectivity index (χ3v) is 2.40. The van der Waals surface area contributed by atoms with E-state index in [1.54, 1.807) is 0 Å². The summed E-state index contributed by atoms with van der Waals surface area (Å²) in [4.78, 5) is 0. The van der Waals surface area contributed by atoms with E-state index in [4.69, 9.17) is 5.73 Å². The van der Waals surface area contributed by atoms with Crippen molar-refractivity contribution in [1.82, 2.24) is 5.32 Å². The van der Waals surface area contributed by atoms with Crippen molar-refractivity contribution < 1.29 is 0 Å². The topological polar surface area (TPSA) is 38.0 Å². The molecule has 0 aliphatic heterocycles. The van der Waals surface area contributed by atoms with Gasteiger partial charge in [-0.15, -0.1) is 0 Å². The lowest BCUT2D eigenvalue weighted by molar-refractivity contribution is 0.370. The molecular formula is C8H18N2. The average molecular weight is 142 g/mol. The lowest BCUT2D eigenvalue weighted by Gasteiger charge is -2.24. The quantitative estimate of drug-likeness (QED) is 0.613. The van der Waals surface area contributed by atoms with Crippen LogP contribution in [0.15, 0.2) is 0 Å². The van der Waals surface area contributed by atoms with Gasteiger partial charge in [-0.2, -0.15) is 0 Å². The fourth-order valence-corrected chi connectivity index (χ4v) is 1.71. The number of nitrogens with two attached hydrogens (primary N) is 1. The molecule has 1 aliphatic rings. The Morgan fingerprint density at radius 3 is 2.50 bits per heavy atom. The number of rotatable bonds is 3. The predicted molar refractivity (Wildman–Crippen MR) is 43.9 cm³/mol. The molecule has 0 aromatic carbocycles. The van der Waals surface area contributed by atoms with E-state index in [1.165, 1.54) is 25.7 Å². The van der Waals surface area contributed by atoms with Crippen LogP contribution in [-0.2, 0) is 0 Å². The maximum Gasteiger partial charge on any atom is 0.0153 e. The summed E-state index contributed by atoms with van der Waals surface area (Å²) in [6.45, 7) is 4.03. The van der Waals surface area contributed by atoms with Crippen molar-refractivity contribution in [3.05, 3.63) is 0 Å². The standard InChI is InChI=1S/C8H18N2/c1-8(10-7-6-9)4-2-3-5-8/h10H,2-7,9H2,1H3. The van der Waals surface area contributed by atoms with Gasteiger partial charge >= 0.3 is 0 Å². The highest BCUT2D eigenvalue weighted by molar-refractivity contribution is 4.87. The molecule has 2 heteroatoms. The average Bonchev–Trinajstić information content (AvgIpc) is 2.33. The normalized spacial score (nSPS) is 23.4. The Bertz CT molecular complexity index is 95.4. The zero-order valence-electron chi connectivity index (χ0n) is 6.82. The van der Waals surface area contributed by atoms with E-state index in [0.29, 0.717) is 5.54 Å². The van der Waals surface area contributed by atoms with Crippen LogP contribution in [0, 0.1) is 0 Å². The molecule has 0 aromatic rings. The summed E-state index contributed by atoms with van der Waals surface area (Å²) in [5.41, 5.74) is 5.82. The van der Waals surface area contributed by atoms with Gasteiger partial charge in [0.1, 0.15) is 0 Å². The van der Waals surface area contributed by atoms with Crippen LogP contribution in [0.3, 0.4) is 0 Å². The van der Waals surface area contributed by atoms with E-state index in [-0.39, 0.29) is 0 Å². The fourth-order valence-electron chi connectivity index (χ4n) is 1.71. The van der Waals surface area contributed by atoms with E-state index < -0.39 is 0 Å². The molecule has 3 N–H and O–H groups in total. The molecule has 0 atom stereocenters. The van der Waals surface area contributed by atoms with Crippen LogP contribution in [0.4, 0.5) is 0 Å². The van der Waals surface area contributed by atoms with Crippen LogP contribution < -0.4 is 11.1 Å². The summed E-state index contributed by atoms with van der Waals surface area (Å²) < 4.78 is 0. The molecule has 0 saturated heterocycles. The highest BCUT2D eigenvalue weighted by atomic mass is 15.0. The molecule has 2 nitrogen and oxygen atoms in total. The van der Waals surface area contributed by atoms with Gasteiger partial charge in [0.25, 0.3) is 0 Å². The van der Waals surface area contributed by atoms with Crippen LogP contribution in [0.5, 0.6) is 0 Å². The molecule has 0 bridgehead atoms. The summed E-state index contributed by atoms with van der Waals surface area (Å²) in [6.07, 6.45) is 5.42. The molecule has 1 aliphatic carbocycles. The number of hydrogen-bond acceptors (Lipinski definition) is 2. The minimum absolute atomic E-state index is 0.416. The fraction of sp³-hybridized carbons (Fsp3) is 1.00. The minimum Gasteiger partial charge on any atom is -0.329 e. The van der Waals surface area contributed by atoms with E-state index in [1.807, 2.05) is 0 Å². The third kappa shape index (κ3) is 1.96. The van der Waals surface area contributed by atoms with Gasteiger partial charge < -0.3 is 11.1 Å². The molecule has 0 spiro atoms. The second kappa shape index (κ2) is 3.35. The first kappa shape index (κ1) is 8.02. The molecule has 1 rings (SSSR count). The van der Waals surface area contributed by atoms with Crippen LogP contribution in [0.1, 0.15) is 32.6 Å². The smallest absolute Gasteiger partial charge is 0.0153 e. The monoisotopic (exact) mass is 142 g/mol. The van der Waals surface area contributed by atoms with E-state index in [2.05, 4.69) is 12.2 Å². The molecule has 1 saturated carbocycles. The SMILES string of the molecule is CC1(NCCN)CCCC1. The predicted octanol–water partition coefficient (Wildman–Crippen LogP) is 0.867. The van der Waals surface area contributed by atoms with E-state index >= 15 is 0 Å². The van der Waals surface area contributed by atoms with Gasteiger partial charge in [-0.3, -0.25) is 0 Å². The summed E-state index contributed by atoms with van der Waals surface area (Å²) in [5.74, 6) is 0. The minimum atomic E-state index is 0.416. The zero-order valence-corrected chi connectivity index (χ0v) is 6.82.